The van der Waals surface area contributed by atoms with Gasteiger partial charge in [-0.3, -0.25) is 9.59 Å². The van der Waals surface area contributed by atoms with Gasteiger partial charge in [0.25, 0.3) is 11.8 Å². The average molecular weight is 553 g/mol. The highest BCUT2D eigenvalue weighted by Crippen LogP contribution is 2.36. The molecule has 2 N–H and O–H groups in total. The van der Waals surface area contributed by atoms with Crippen molar-refractivity contribution in [3.63, 3.8) is 0 Å². The van der Waals surface area contributed by atoms with Gasteiger partial charge in [0.1, 0.15) is 0 Å². The molecule has 0 spiro atoms. The average Bonchev–Trinajstić information content (AvgIpc) is 3.33. The Morgan fingerprint density at radius 1 is 1.08 bits per heavy atom. The number of piperazine rings is 1. The van der Waals surface area contributed by atoms with Crippen LogP contribution in [0.25, 0.3) is 11.6 Å². The van der Waals surface area contributed by atoms with Gasteiger partial charge in [-0.2, -0.15) is 0 Å². The summed E-state index contributed by atoms with van der Waals surface area (Å²) in [5, 5.41) is 3.28. The van der Waals surface area contributed by atoms with E-state index < -0.39 is 9.84 Å². The number of nitrogens with zero attached hydrogens (tertiary/aromatic N) is 2. The maximum Gasteiger partial charge on any atom is 0.256 e. The smallest absolute Gasteiger partial charge is 0.256 e. The van der Waals surface area contributed by atoms with E-state index in [9.17, 15) is 18.0 Å². The SMILES string of the molecule is Cc1[nH]c(C=C2C(=O)Nc3ccc(S(=O)(=O)Cc4cccc(Cl)c4)cc32)c(C)c1C(=O)N1CCN(C)CC1. The fourth-order valence-electron chi connectivity index (χ4n) is 4.98. The summed E-state index contributed by atoms with van der Waals surface area (Å²) in [6.07, 6.45) is 1.69. The lowest BCUT2D eigenvalue weighted by molar-refractivity contribution is -0.110. The number of likely N-dealkylation sites (N-methyl/N-ethyl adjacent to an activating group) is 1. The van der Waals surface area contributed by atoms with Crippen molar-refractivity contribution in [1.29, 1.82) is 0 Å². The minimum Gasteiger partial charge on any atom is -0.358 e. The number of hydrogen-bond acceptors (Lipinski definition) is 5. The number of fused-ring (bicyclic) bond motifs is 1. The first-order chi connectivity index (χ1) is 18.0. The number of carbonyl (C=O) groups excluding carboxylic acids is 2. The van der Waals surface area contributed by atoms with Gasteiger partial charge in [0, 0.05) is 53.8 Å². The summed E-state index contributed by atoms with van der Waals surface area (Å²) in [4.78, 5) is 33.6. The van der Waals surface area contributed by atoms with Crippen molar-refractivity contribution in [3.05, 3.63) is 81.1 Å². The van der Waals surface area contributed by atoms with E-state index in [-0.39, 0.29) is 22.5 Å². The second-order valence-corrected chi connectivity index (χ2v) is 12.3. The molecule has 8 nitrogen and oxygen atoms in total. The van der Waals surface area contributed by atoms with Crippen LogP contribution in [0.15, 0.2) is 47.4 Å². The van der Waals surface area contributed by atoms with Crippen LogP contribution in [-0.2, 0) is 20.4 Å². The molecule has 0 atom stereocenters. The molecule has 0 aliphatic carbocycles. The van der Waals surface area contributed by atoms with Crippen LogP contribution in [0, 0.1) is 13.8 Å². The molecule has 1 aromatic heterocycles. The molecule has 0 saturated carbocycles. The zero-order valence-corrected chi connectivity index (χ0v) is 23.0. The molecule has 10 heteroatoms. The third-order valence-corrected chi connectivity index (χ3v) is 9.07. The van der Waals surface area contributed by atoms with Crippen molar-refractivity contribution < 1.29 is 18.0 Å². The Morgan fingerprint density at radius 3 is 2.53 bits per heavy atom. The summed E-state index contributed by atoms with van der Waals surface area (Å²) in [7, 11) is -1.65. The molecule has 1 fully saturated rings. The number of carbonyl (C=O) groups is 2. The Kier molecular flexibility index (Phi) is 6.94. The minimum absolute atomic E-state index is 0.0281. The zero-order chi connectivity index (χ0) is 27.2. The third kappa shape index (κ3) is 5.01. The summed E-state index contributed by atoms with van der Waals surface area (Å²) in [6.45, 7) is 6.69. The minimum atomic E-state index is -3.69. The van der Waals surface area contributed by atoms with E-state index in [0.29, 0.717) is 51.8 Å². The van der Waals surface area contributed by atoms with Crippen molar-refractivity contribution in [2.24, 2.45) is 0 Å². The molecule has 0 radical (unpaired) electrons. The van der Waals surface area contributed by atoms with Crippen LogP contribution in [0.4, 0.5) is 5.69 Å². The number of aromatic nitrogens is 1. The number of benzene rings is 2. The number of hydrogen-bond donors (Lipinski definition) is 2. The van der Waals surface area contributed by atoms with E-state index in [0.717, 1.165) is 24.3 Å². The van der Waals surface area contributed by atoms with Gasteiger partial charge in [-0.05, 0) is 68.4 Å². The lowest BCUT2D eigenvalue weighted by atomic mass is 10.0. The Hall–Kier alpha value is -3.40. The van der Waals surface area contributed by atoms with Gasteiger partial charge in [-0.1, -0.05) is 23.7 Å². The van der Waals surface area contributed by atoms with E-state index in [4.69, 9.17) is 11.6 Å². The van der Waals surface area contributed by atoms with Crippen LogP contribution >= 0.6 is 11.6 Å². The van der Waals surface area contributed by atoms with Gasteiger partial charge < -0.3 is 20.1 Å². The Balaban J connectivity index is 1.47. The number of aromatic amines is 1. The summed E-state index contributed by atoms with van der Waals surface area (Å²) >= 11 is 6.03. The Labute approximate surface area is 227 Å². The van der Waals surface area contributed by atoms with Crippen molar-refractivity contribution in [3.8, 4) is 0 Å². The summed E-state index contributed by atoms with van der Waals surface area (Å²) < 4.78 is 26.4. The van der Waals surface area contributed by atoms with Gasteiger partial charge in [0.2, 0.25) is 0 Å². The number of amides is 2. The van der Waals surface area contributed by atoms with E-state index >= 15 is 0 Å². The topological polar surface area (TPSA) is 103 Å². The van der Waals surface area contributed by atoms with Gasteiger partial charge >= 0.3 is 0 Å². The van der Waals surface area contributed by atoms with Crippen LogP contribution in [0.5, 0.6) is 0 Å². The van der Waals surface area contributed by atoms with Crippen LogP contribution in [-0.4, -0.2) is 68.2 Å². The highest BCUT2D eigenvalue weighted by molar-refractivity contribution is 7.90. The standard InChI is InChI=1S/C28H29ClN4O4S/c1-17-25(30-18(2)26(17)28(35)33-11-9-32(3)10-12-33)15-23-22-14-21(7-8-24(22)31-27(23)34)38(36,37)16-19-5-4-6-20(29)13-19/h4-8,13-15,30H,9-12,16H2,1-3H3,(H,31,34). The molecule has 2 aliphatic heterocycles. The van der Waals surface area contributed by atoms with E-state index in [1.54, 1.807) is 36.4 Å². The molecule has 198 valence electrons. The summed E-state index contributed by atoms with van der Waals surface area (Å²) in [6, 6.07) is 11.4. The van der Waals surface area contributed by atoms with Gasteiger partial charge in [0.05, 0.1) is 21.8 Å². The molecule has 2 aliphatic rings. The molecule has 3 heterocycles. The molecular weight excluding hydrogens is 524 g/mol. The molecule has 0 unspecified atom stereocenters. The van der Waals surface area contributed by atoms with Crippen molar-refractivity contribution in [2.45, 2.75) is 24.5 Å². The first kappa shape index (κ1) is 26.2. The van der Waals surface area contributed by atoms with Crippen molar-refractivity contribution in [1.82, 2.24) is 14.8 Å². The van der Waals surface area contributed by atoms with Gasteiger partial charge in [-0.15, -0.1) is 0 Å². The monoisotopic (exact) mass is 552 g/mol. The van der Waals surface area contributed by atoms with Crippen LogP contribution in [0.3, 0.4) is 0 Å². The summed E-state index contributed by atoms with van der Waals surface area (Å²) in [5.41, 5.74) is 4.70. The first-order valence-corrected chi connectivity index (χ1v) is 14.4. The number of anilines is 1. The first-order valence-electron chi connectivity index (χ1n) is 12.3. The van der Waals surface area contributed by atoms with E-state index in [1.165, 1.54) is 12.1 Å². The lowest BCUT2D eigenvalue weighted by Crippen LogP contribution is -2.47. The quantitative estimate of drug-likeness (QED) is 0.463. The maximum atomic E-state index is 13.3. The maximum absolute atomic E-state index is 13.3. The highest BCUT2D eigenvalue weighted by Gasteiger charge is 2.29. The van der Waals surface area contributed by atoms with Gasteiger partial charge in [0.15, 0.2) is 9.84 Å². The highest BCUT2D eigenvalue weighted by atomic mass is 35.5. The van der Waals surface area contributed by atoms with Crippen molar-refractivity contribution in [2.75, 3.05) is 38.5 Å². The zero-order valence-electron chi connectivity index (χ0n) is 21.5. The van der Waals surface area contributed by atoms with E-state index in [1.807, 2.05) is 25.8 Å². The molecular formula is C28H29ClN4O4S. The van der Waals surface area contributed by atoms with Crippen LogP contribution in [0.1, 0.15) is 38.4 Å². The second kappa shape index (κ2) is 10.1. The van der Waals surface area contributed by atoms with Crippen LogP contribution < -0.4 is 5.32 Å². The number of H-pyrrole nitrogens is 1. The molecule has 2 amide bonds. The number of sulfone groups is 1. The molecule has 3 aromatic rings. The number of halogens is 1. The van der Waals surface area contributed by atoms with Gasteiger partial charge in [-0.25, -0.2) is 8.42 Å². The summed E-state index contributed by atoms with van der Waals surface area (Å²) in [5.74, 6) is -0.568. The number of rotatable bonds is 5. The predicted molar refractivity (Wildman–Crippen MR) is 149 cm³/mol. The second-order valence-electron chi connectivity index (χ2n) is 9.87. The number of nitrogens with one attached hydrogen (secondary N) is 2. The third-order valence-electron chi connectivity index (χ3n) is 7.15. The Bertz CT molecular complexity index is 1580. The van der Waals surface area contributed by atoms with Crippen molar-refractivity contribution >= 4 is 50.6 Å². The fraction of sp³-hybridized carbons (Fsp3) is 0.286. The normalized spacial score (nSPS) is 17.1. The van der Waals surface area contributed by atoms with E-state index in [2.05, 4.69) is 15.2 Å². The van der Waals surface area contributed by atoms with Crippen LogP contribution in [0.2, 0.25) is 5.02 Å². The molecule has 38 heavy (non-hydrogen) atoms. The lowest BCUT2D eigenvalue weighted by Gasteiger charge is -2.32. The molecule has 5 rings (SSSR count). The molecule has 0 bridgehead atoms. The molecule has 2 aromatic carbocycles. The Morgan fingerprint density at radius 2 is 1.82 bits per heavy atom. The largest absolute Gasteiger partial charge is 0.358 e. The fourth-order valence-corrected chi connectivity index (χ4v) is 6.56. The predicted octanol–water partition coefficient (Wildman–Crippen LogP) is 4.14. The number of aryl methyl sites for hydroxylation is 1. The molecule has 1 saturated heterocycles.